The average Bonchev–Trinajstić information content (AvgIpc) is 0.931. The van der Waals surface area contributed by atoms with Gasteiger partial charge in [0, 0.05) is 25.7 Å². The van der Waals surface area contributed by atoms with Gasteiger partial charge in [0.2, 0.25) is 0 Å². The van der Waals surface area contributed by atoms with Crippen LogP contribution in [0, 0.1) is 5.92 Å². The van der Waals surface area contributed by atoms with E-state index in [1.807, 2.05) is 0 Å². The lowest BCUT2D eigenvalue weighted by molar-refractivity contribution is -0.161. The van der Waals surface area contributed by atoms with Crippen molar-refractivity contribution in [3.05, 3.63) is 0 Å². The number of aliphatic hydroxyl groups is 1. The first-order valence-corrected chi connectivity index (χ1v) is 46.1. The number of carbonyl (C=O) groups excluding carboxylic acids is 4. The number of esters is 4. The number of rotatable bonds is 83. The van der Waals surface area contributed by atoms with Gasteiger partial charge in [-0.3, -0.25) is 37.3 Å². The third-order valence-electron chi connectivity index (χ3n) is 19.5. The van der Waals surface area contributed by atoms with E-state index >= 15 is 0 Å². The van der Waals surface area contributed by atoms with Crippen LogP contribution in [-0.4, -0.2) is 96.7 Å². The maximum Gasteiger partial charge on any atom is 0.472 e. The van der Waals surface area contributed by atoms with E-state index < -0.39 is 97.5 Å². The summed E-state index contributed by atoms with van der Waals surface area (Å²) in [5.41, 5.74) is 0. The highest BCUT2D eigenvalue weighted by molar-refractivity contribution is 7.47. The number of hydrogen-bond acceptors (Lipinski definition) is 15. The minimum Gasteiger partial charge on any atom is -0.462 e. The number of phosphoric ester groups is 2. The molecule has 0 fully saturated rings. The van der Waals surface area contributed by atoms with Gasteiger partial charge in [-0.1, -0.05) is 394 Å². The Balaban J connectivity index is 5.16. The monoisotopic (exact) mass is 1490 g/mol. The van der Waals surface area contributed by atoms with E-state index in [2.05, 4.69) is 34.6 Å². The Kier molecular flexibility index (Phi) is 74.4. The van der Waals surface area contributed by atoms with E-state index in [1.165, 1.54) is 257 Å². The highest BCUT2D eigenvalue weighted by Crippen LogP contribution is 2.45. The predicted octanol–water partition coefficient (Wildman–Crippen LogP) is 25.2. The maximum absolute atomic E-state index is 13.1. The van der Waals surface area contributed by atoms with Crippen LogP contribution in [0.3, 0.4) is 0 Å². The number of hydrogen-bond donors (Lipinski definition) is 3. The molecular weight excluding hydrogens is 1330 g/mol. The summed E-state index contributed by atoms with van der Waals surface area (Å²) in [6.07, 6.45) is 68.4. The standard InChI is InChI=1S/C83H162O17P2/c1-6-9-12-15-18-20-22-24-26-28-30-31-32-34-36-38-40-44-48-53-58-63-68-82(87)100-79(73-94-81(86)67-62-57-52-47-43-39-37-35-33-29-27-25-23-21-19-16-13-10-7-2)75-98-102(91,92)96-71-77(84)70-95-101(89,90)97-74-78(72-93-80(85)66-61-56-50-17-14-11-8-3)99-83(88)69-64-59-54-49-45-41-42-46-51-55-60-65-76(4)5/h76-79,84H,6-75H2,1-5H3,(H,89,90)(H,91,92)/t77-,78+,79+/m0/s1. The third kappa shape index (κ3) is 76.3. The van der Waals surface area contributed by atoms with Crippen LogP contribution in [0.15, 0.2) is 0 Å². The second-order valence-electron chi connectivity index (χ2n) is 30.3. The number of phosphoric acid groups is 2. The second kappa shape index (κ2) is 75.9. The smallest absolute Gasteiger partial charge is 0.462 e. The first-order chi connectivity index (χ1) is 49.5. The molecule has 102 heavy (non-hydrogen) atoms. The van der Waals surface area contributed by atoms with Gasteiger partial charge in [-0.05, 0) is 31.6 Å². The van der Waals surface area contributed by atoms with Crippen LogP contribution < -0.4 is 0 Å². The minimum atomic E-state index is -4.96. The number of aliphatic hydroxyl groups excluding tert-OH is 1. The Hall–Kier alpha value is -1.94. The summed E-state index contributed by atoms with van der Waals surface area (Å²) in [4.78, 5) is 72.9. The molecule has 0 saturated heterocycles. The first-order valence-electron chi connectivity index (χ1n) is 43.1. The topological polar surface area (TPSA) is 237 Å². The van der Waals surface area contributed by atoms with Crippen molar-refractivity contribution in [3.63, 3.8) is 0 Å². The summed E-state index contributed by atoms with van der Waals surface area (Å²) in [6, 6.07) is 0. The fourth-order valence-electron chi connectivity index (χ4n) is 12.9. The van der Waals surface area contributed by atoms with Gasteiger partial charge in [0.25, 0.3) is 0 Å². The predicted molar refractivity (Wildman–Crippen MR) is 418 cm³/mol. The van der Waals surface area contributed by atoms with Crippen molar-refractivity contribution in [2.24, 2.45) is 5.92 Å². The molecule has 0 aromatic carbocycles. The maximum atomic E-state index is 13.1. The summed E-state index contributed by atoms with van der Waals surface area (Å²) in [7, 11) is -9.92. The van der Waals surface area contributed by atoms with Crippen LogP contribution in [-0.2, 0) is 65.4 Å². The van der Waals surface area contributed by atoms with Gasteiger partial charge in [-0.15, -0.1) is 0 Å². The Morgan fingerprint density at radius 2 is 0.451 bits per heavy atom. The molecule has 2 unspecified atom stereocenters. The number of ether oxygens (including phenoxy) is 4. The zero-order chi connectivity index (χ0) is 74.8. The molecule has 3 N–H and O–H groups in total. The van der Waals surface area contributed by atoms with Gasteiger partial charge < -0.3 is 33.8 Å². The minimum absolute atomic E-state index is 0.107. The van der Waals surface area contributed by atoms with Crippen LogP contribution in [0.2, 0.25) is 0 Å². The summed E-state index contributed by atoms with van der Waals surface area (Å²) >= 11 is 0. The zero-order valence-corrected chi connectivity index (χ0v) is 68.5. The third-order valence-corrected chi connectivity index (χ3v) is 21.4. The van der Waals surface area contributed by atoms with Crippen molar-refractivity contribution < 1.29 is 80.2 Å². The van der Waals surface area contributed by atoms with Crippen molar-refractivity contribution >= 4 is 39.5 Å². The molecule has 0 spiro atoms. The molecule has 606 valence electrons. The van der Waals surface area contributed by atoms with Crippen molar-refractivity contribution in [1.29, 1.82) is 0 Å². The van der Waals surface area contributed by atoms with E-state index in [0.29, 0.717) is 25.7 Å². The molecule has 0 saturated carbocycles. The lowest BCUT2D eigenvalue weighted by atomic mass is 10.0. The molecule has 0 aliphatic rings. The summed E-state index contributed by atoms with van der Waals surface area (Å²) in [5.74, 6) is -1.35. The molecule has 0 aromatic rings. The molecule has 19 heteroatoms. The van der Waals surface area contributed by atoms with Crippen molar-refractivity contribution in [1.82, 2.24) is 0 Å². The lowest BCUT2D eigenvalue weighted by Crippen LogP contribution is -2.30. The van der Waals surface area contributed by atoms with Crippen LogP contribution in [0.4, 0.5) is 0 Å². The van der Waals surface area contributed by atoms with Gasteiger partial charge >= 0.3 is 39.5 Å². The van der Waals surface area contributed by atoms with Crippen LogP contribution in [0.5, 0.6) is 0 Å². The van der Waals surface area contributed by atoms with Gasteiger partial charge in [-0.2, -0.15) is 0 Å². The van der Waals surface area contributed by atoms with Crippen LogP contribution >= 0.6 is 15.6 Å². The molecule has 0 aliphatic carbocycles. The lowest BCUT2D eigenvalue weighted by Gasteiger charge is -2.21. The molecule has 0 rings (SSSR count). The zero-order valence-electron chi connectivity index (χ0n) is 66.8. The summed E-state index contributed by atoms with van der Waals surface area (Å²) in [6.45, 7) is 7.29. The molecular formula is C83H162O17P2. The van der Waals surface area contributed by atoms with Gasteiger partial charge in [0.05, 0.1) is 26.4 Å². The van der Waals surface area contributed by atoms with E-state index in [0.717, 1.165) is 109 Å². The second-order valence-corrected chi connectivity index (χ2v) is 33.3. The number of carbonyl (C=O) groups is 4. The molecule has 0 heterocycles. The van der Waals surface area contributed by atoms with E-state index in [-0.39, 0.29) is 25.7 Å². The fourth-order valence-corrected chi connectivity index (χ4v) is 14.5. The van der Waals surface area contributed by atoms with Gasteiger partial charge in [0.15, 0.2) is 12.2 Å². The molecule has 0 amide bonds. The first kappa shape index (κ1) is 100. The van der Waals surface area contributed by atoms with E-state index in [1.54, 1.807) is 0 Å². The molecule has 0 radical (unpaired) electrons. The average molecular weight is 1490 g/mol. The van der Waals surface area contributed by atoms with Gasteiger partial charge in [-0.25, -0.2) is 9.13 Å². The molecule has 5 atom stereocenters. The molecule has 17 nitrogen and oxygen atoms in total. The Labute approximate surface area is 626 Å². The summed E-state index contributed by atoms with van der Waals surface area (Å²) in [5, 5.41) is 10.6. The molecule has 0 aliphatic heterocycles. The Morgan fingerprint density at radius 1 is 0.265 bits per heavy atom. The van der Waals surface area contributed by atoms with Crippen molar-refractivity contribution in [3.8, 4) is 0 Å². The summed E-state index contributed by atoms with van der Waals surface area (Å²) < 4.78 is 68.6. The SMILES string of the molecule is CCCCCCCCCCCCCCCCCCCCCCCCC(=O)O[C@H](COC(=O)CCCCCCCCCCCCCCCCCCCCC)COP(=O)(O)OC[C@@H](O)COP(=O)(O)OC[C@@H](COC(=O)CCCCCCCCC)OC(=O)CCCCCCCCCCCCCC(C)C. The molecule has 0 bridgehead atoms. The Morgan fingerprint density at radius 3 is 0.667 bits per heavy atom. The number of unbranched alkanes of at least 4 members (excludes halogenated alkanes) is 55. The normalized spacial score (nSPS) is 13.8. The largest absolute Gasteiger partial charge is 0.472 e. The van der Waals surface area contributed by atoms with Crippen molar-refractivity contribution in [2.45, 2.75) is 464 Å². The van der Waals surface area contributed by atoms with E-state index in [4.69, 9.17) is 37.0 Å². The highest BCUT2D eigenvalue weighted by atomic mass is 31.2. The molecule has 0 aromatic heterocycles. The quantitative estimate of drug-likeness (QED) is 0.0222. The van der Waals surface area contributed by atoms with E-state index in [9.17, 15) is 43.2 Å². The fraction of sp³-hybridized carbons (Fsp3) is 0.952. The van der Waals surface area contributed by atoms with Gasteiger partial charge in [0.1, 0.15) is 19.3 Å². The highest BCUT2D eigenvalue weighted by Gasteiger charge is 2.30. The Bertz CT molecular complexity index is 1940. The van der Waals surface area contributed by atoms with Crippen LogP contribution in [0.25, 0.3) is 0 Å². The van der Waals surface area contributed by atoms with Crippen molar-refractivity contribution in [2.75, 3.05) is 39.6 Å². The van der Waals surface area contributed by atoms with Crippen LogP contribution in [0.1, 0.15) is 446 Å².